The summed E-state index contributed by atoms with van der Waals surface area (Å²) in [5, 5.41) is 12.6. The Morgan fingerprint density at radius 1 is 0.952 bits per heavy atom. The van der Waals surface area contributed by atoms with Gasteiger partial charge in [0.05, 0.1) is 16.8 Å². The number of hydrogen-bond acceptors (Lipinski definition) is 2. The number of fused-ring (bicyclic) bond motifs is 1. The summed E-state index contributed by atoms with van der Waals surface area (Å²) >= 11 is 0. The number of nitrogens with zero attached hydrogens (tertiary/aromatic N) is 1. The maximum absolute atomic E-state index is 13.9. The summed E-state index contributed by atoms with van der Waals surface area (Å²) in [6.07, 6.45) is 9.51. The maximum Gasteiger partial charge on any atom is 0.201 e. The Hall–Kier alpha value is -4.11. The lowest BCUT2D eigenvalue weighted by molar-refractivity contribution is -0.111. The number of carbonyl (C=O) groups excluding carboxylic acids is 1. The first-order valence-corrected chi connectivity index (χ1v) is 15.4. The fraction of sp³-hybridized carbons (Fsp3) is 0.308. The molecule has 3 nitrogen and oxygen atoms in total. The van der Waals surface area contributed by atoms with Crippen LogP contribution in [0.4, 0.5) is 0 Å². The van der Waals surface area contributed by atoms with Gasteiger partial charge in [0.25, 0.3) is 0 Å². The summed E-state index contributed by atoms with van der Waals surface area (Å²) in [6, 6.07) is 26.9. The molecule has 1 heterocycles. The zero-order valence-electron chi connectivity index (χ0n) is 25.1. The number of aryl methyl sites for hydroxylation is 2. The number of benzene rings is 3. The highest BCUT2D eigenvalue weighted by molar-refractivity contribution is 6.41. The molecule has 2 aliphatic rings. The van der Waals surface area contributed by atoms with Gasteiger partial charge in [0.15, 0.2) is 0 Å². The SMILES string of the molecule is C=C(/C=C1\C(=O)C(c2c(-c3ccccc3)n(CCC3CCCCC3)c3ccccc23)=C1O)C(C)(C)c1ccccc1C. The van der Waals surface area contributed by atoms with Crippen molar-refractivity contribution < 1.29 is 9.90 Å². The van der Waals surface area contributed by atoms with Gasteiger partial charge < -0.3 is 9.67 Å². The van der Waals surface area contributed by atoms with Crippen molar-refractivity contribution in [2.75, 3.05) is 0 Å². The van der Waals surface area contributed by atoms with Crippen LogP contribution in [0.25, 0.3) is 27.7 Å². The standard InChI is InChI=1S/C39H41NO2/c1-26-15-11-13-21-32(26)39(3,4)27(2)25-31-37(41)35(38(31)42)34-30-20-12-14-22-33(30)40(24-23-28-16-7-5-8-17-28)36(34)29-18-9-6-10-19-29/h6,9-15,18-22,25,28,41H,2,5,7-8,16-17,23-24H2,1,3-4H3/b31-25-. The van der Waals surface area contributed by atoms with Crippen LogP contribution in [0, 0.1) is 12.8 Å². The van der Waals surface area contributed by atoms with Crippen LogP contribution in [0.5, 0.6) is 0 Å². The number of aromatic nitrogens is 1. The maximum atomic E-state index is 13.9. The second-order valence-corrected chi connectivity index (χ2v) is 12.6. The molecule has 1 N–H and O–H groups in total. The highest BCUT2D eigenvalue weighted by Gasteiger charge is 2.39. The van der Waals surface area contributed by atoms with Crippen LogP contribution in [-0.2, 0) is 16.8 Å². The molecule has 0 bridgehead atoms. The Balaban J connectivity index is 1.45. The van der Waals surface area contributed by atoms with Gasteiger partial charge in [-0.1, -0.05) is 125 Å². The van der Waals surface area contributed by atoms with Gasteiger partial charge in [0.2, 0.25) is 5.78 Å². The number of para-hydroxylation sites is 1. The topological polar surface area (TPSA) is 42.2 Å². The lowest BCUT2D eigenvalue weighted by atomic mass is 9.73. The number of carbonyl (C=O) groups is 1. The molecule has 6 rings (SSSR count). The highest BCUT2D eigenvalue weighted by Crippen LogP contribution is 2.47. The third-order valence-electron chi connectivity index (χ3n) is 9.66. The van der Waals surface area contributed by atoms with Crippen LogP contribution in [0.15, 0.2) is 108 Å². The third kappa shape index (κ3) is 4.85. The smallest absolute Gasteiger partial charge is 0.201 e. The van der Waals surface area contributed by atoms with Crippen LogP contribution in [0.1, 0.15) is 69.1 Å². The number of allylic oxidation sites excluding steroid dienone is 4. The molecule has 214 valence electrons. The number of hydrogen-bond donors (Lipinski definition) is 1. The molecule has 0 aliphatic heterocycles. The molecular formula is C39H41NO2. The molecule has 1 saturated carbocycles. The van der Waals surface area contributed by atoms with E-state index < -0.39 is 0 Å². The van der Waals surface area contributed by atoms with Gasteiger partial charge >= 0.3 is 0 Å². The molecule has 0 spiro atoms. The van der Waals surface area contributed by atoms with Crippen molar-refractivity contribution in [3.63, 3.8) is 0 Å². The van der Waals surface area contributed by atoms with Crippen molar-refractivity contribution in [1.29, 1.82) is 0 Å². The molecule has 0 atom stereocenters. The van der Waals surface area contributed by atoms with Crippen molar-refractivity contribution in [2.24, 2.45) is 5.92 Å². The lowest BCUT2D eigenvalue weighted by Gasteiger charge is -2.30. The molecule has 0 amide bonds. The van der Waals surface area contributed by atoms with E-state index in [1.165, 1.54) is 37.7 Å². The van der Waals surface area contributed by atoms with E-state index in [0.29, 0.717) is 11.1 Å². The van der Waals surface area contributed by atoms with Crippen LogP contribution in [-0.4, -0.2) is 15.5 Å². The fourth-order valence-corrected chi connectivity index (χ4v) is 7.06. The summed E-state index contributed by atoms with van der Waals surface area (Å²) < 4.78 is 2.39. The zero-order chi connectivity index (χ0) is 29.4. The van der Waals surface area contributed by atoms with Crippen molar-refractivity contribution >= 4 is 22.3 Å². The quantitative estimate of drug-likeness (QED) is 0.220. The van der Waals surface area contributed by atoms with Crippen LogP contribution < -0.4 is 0 Å². The molecule has 42 heavy (non-hydrogen) atoms. The van der Waals surface area contributed by atoms with Crippen molar-refractivity contribution in [2.45, 2.75) is 71.3 Å². The average Bonchev–Trinajstić information content (AvgIpc) is 3.33. The Bertz CT molecular complexity index is 1720. The third-order valence-corrected chi connectivity index (χ3v) is 9.66. The molecule has 3 aromatic carbocycles. The Morgan fingerprint density at radius 2 is 1.62 bits per heavy atom. The van der Waals surface area contributed by atoms with E-state index in [-0.39, 0.29) is 17.0 Å². The van der Waals surface area contributed by atoms with Gasteiger partial charge in [-0.05, 0) is 53.7 Å². The van der Waals surface area contributed by atoms with Gasteiger partial charge in [0, 0.05) is 28.4 Å². The first-order chi connectivity index (χ1) is 20.3. The van der Waals surface area contributed by atoms with Crippen LogP contribution in [0.3, 0.4) is 0 Å². The van der Waals surface area contributed by atoms with Crippen molar-refractivity contribution in [3.05, 3.63) is 125 Å². The summed E-state index contributed by atoms with van der Waals surface area (Å²) in [5.41, 5.74) is 7.52. The molecule has 3 heteroatoms. The number of aliphatic hydroxyl groups excluding tert-OH is 1. The summed E-state index contributed by atoms with van der Waals surface area (Å²) in [6.45, 7) is 11.6. The van der Waals surface area contributed by atoms with E-state index >= 15 is 0 Å². The lowest BCUT2D eigenvalue weighted by Crippen LogP contribution is -2.25. The number of ketones is 1. The van der Waals surface area contributed by atoms with Crippen LogP contribution >= 0.6 is 0 Å². The average molecular weight is 556 g/mol. The molecule has 4 aromatic rings. The van der Waals surface area contributed by atoms with E-state index in [2.05, 4.69) is 74.4 Å². The molecule has 1 aromatic heterocycles. The van der Waals surface area contributed by atoms with Gasteiger partial charge in [-0.3, -0.25) is 4.79 Å². The van der Waals surface area contributed by atoms with Crippen molar-refractivity contribution in [3.8, 4) is 11.3 Å². The van der Waals surface area contributed by atoms with Crippen LogP contribution in [0.2, 0.25) is 0 Å². The molecular weight excluding hydrogens is 514 g/mol. The second kappa shape index (κ2) is 11.3. The molecule has 1 fully saturated rings. The zero-order valence-corrected chi connectivity index (χ0v) is 25.1. The largest absolute Gasteiger partial charge is 0.506 e. The molecule has 0 unspecified atom stereocenters. The Morgan fingerprint density at radius 3 is 2.33 bits per heavy atom. The Labute approximate surface area is 249 Å². The van der Waals surface area contributed by atoms with E-state index in [9.17, 15) is 9.90 Å². The molecule has 0 saturated heterocycles. The molecule has 2 aliphatic carbocycles. The van der Waals surface area contributed by atoms with E-state index in [1.54, 1.807) is 6.08 Å². The monoisotopic (exact) mass is 555 g/mol. The number of aliphatic hydroxyl groups is 1. The predicted molar refractivity (Wildman–Crippen MR) is 175 cm³/mol. The number of rotatable bonds is 8. The van der Waals surface area contributed by atoms with Gasteiger partial charge in [0.1, 0.15) is 5.76 Å². The van der Waals surface area contributed by atoms with Crippen molar-refractivity contribution in [1.82, 2.24) is 4.57 Å². The van der Waals surface area contributed by atoms with Gasteiger partial charge in [-0.15, -0.1) is 0 Å². The first-order valence-electron chi connectivity index (χ1n) is 15.4. The summed E-state index contributed by atoms with van der Waals surface area (Å²) in [4.78, 5) is 13.9. The van der Waals surface area contributed by atoms with E-state index in [0.717, 1.165) is 57.7 Å². The minimum Gasteiger partial charge on any atom is -0.506 e. The van der Waals surface area contributed by atoms with Gasteiger partial charge in [-0.2, -0.15) is 0 Å². The predicted octanol–water partition coefficient (Wildman–Crippen LogP) is 9.90. The minimum atomic E-state index is -0.390. The number of Topliss-reactive ketones (excluding diaryl/α,β-unsaturated/α-hetero) is 1. The fourth-order valence-electron chi connectivity index (χ4n) is 7.06. The minimum absolute atomic E-state index is 0.0640. The normalized spacial score (nSPS) is 17.2. The van der Waals surface area contributed by atoms with E-state index in [4.69, 9.17) is 0 Å². The highest BCUT2D eigenvalue weighted by atomic mass is 16.3. The summed E-state index contributed by atoms with van der Waals surface area (Å²) in [5.74, 6) is 0.679. The van der Waals surface area contributed by atoms with Gasteiger partial charge in [-0.25, -0.2) is 0 Å². The first kappa shape index (κ1) is 28.0. The van der Waals surface area contributed by atoms with E-state index in [1.807, 2.05) is 36.4 Å². The second-order valence-electron chi connectivity index (χ2n) is 12.6. The Kier molecular flexibility index (Phi) is 7.53. The molecule has 0 radical (unpaired) electrons. The summed E-state index contributed by atoms with van der Waals surface area (Å²) in [7, 11) is 0.